The van der Waals surface area contributed by atoms with Gasteiger partial charge in [0.15, 0.2) is 5.82 Å². The summed E-state index contributed by atoms with van der Waals surface area (Å²) in [6, 6.07) is 23.3. The van der Waals surface area contributed by atoms with Gasteiger partial charge in [-0.2, -0.15) is 0 Å². The third-order valence-corrected chi connectivity index (χ3v) is 7.78. The van der Waals surface area contributed by atoms with Crippen molar-refractivity contribution in [2.75, 3.05) is 31.1 Å². The molecule has 2 aromatic carbocycles. The van der Waals surface area contributed by atoms with Crippen molar-refractivity contribution in [1.29, 1.82) is 0 Å². The molecule has 0 spiro atoms. The van der Waals surface area contributed by atoms with Crippen LogP contribution >= 0.6 is 0 Å². The Hall–Kier alpha value is -3.34. The third-order valence-electron chi connectivity index (χ3n) is 7.78. The zero-order chi connectivity index (χ0) is 22.9. The number of carbonyl (C=O) groups is 1. The summed E-state index contributed by atoms with van der Waals surface area (Å²) < 4.78 is 2.23. The molecule has 0 aliphatic carbocycles. The lowest BCUT2D eigenvalue weighted by Crippen LogP contribution is -2.45. The van der Waals surface area contributed by atoms with Crippen LogP contribution in [-0.4, -0.2) is 46.4 Å². The van der Waals surface area contributed by atoms with Gasteiger partial charge in [-0.1, -0.05) is 42.5 Å². The second kappa shape index (κ2) is 9.13. The Labute approximate surface area is 201 Å². The van der Waals surface area contributed by atoms with Crippen LogP contribution in [0.4, 0.5) is 5.82 Å². The van der Waals surface area contributed by atoms with Gasteiger partial charge in [-0.25, -0.2) is 4.98 Å². The molecule has 2 aliphatic rings. The second-order valence-electron chi connectivity index (χ2n) is 9.91. The van der Waals surface area contributed by atoms with Crippen molar-refractivity contribution in [3.63, 3.8) is 0 Å². The van der Waals surface area contributed by atoms with Crippen molar-refractivity contribution >= 4 is 28.3 Å². The maximum Gasteiger partial charge on any atom is 0.225 e. The Kier molecular flexibility index (Phi) is 5.69. The van der Waals surface area contributed by atoms with Crippen LogP contribution in [0.25, 0.3) is 16.6 Å². The summed E-state index contributed by atoms with van der Waals surface area (Å²) in [5.74, 6) is 2.25. The molecule has 2 fully saturated rings. The molecule has 2 aliphatic heterocycles. The molecule has 34 heavy (non-hydrogen) atoms. The largest absolute Gasteiger partial charge is 0.355 e. The van der Waals surface area contributed by atoms with Crippen LogP contribution < -0.4 is 4.90 Å². The first-order chi connectivity index (χ1) is 16.8. The zero-order valence-corrected chi connectivity index (χ0v) is 19.6. The predicted molar refractivity (Wildman–Crippen MR) is 137 cm³/mol. The quantitative estimate of drug-likeness (QED) is 0.428. The van der Waals surface area contributed by atoms with Crippen LogP contribution in [0.1, 0.15) is 31.2 Å². The van der Waals surface area contributed by atoms with Crippen LogP contribution in [0.3, 0.4) is 0 Å². The Bertz CT molecular complexity index is 1280. The first-order valence-electron chi connectivity index (χ1n) is 12.7. The van der Waals surface area contributed by atoms with Crippen LogP contribution in [0.2, 0.25) is 0 Å². The number of likely N-dealkylation sites (tertiary alicyclic amines) is 1. The number of fused-ring (bicyclic) bond motifs is 3. The monoisotopic (exact) mass is 452 g/mol. The molecule has 0 radical (unpaired) electrons. The number of benzene rings is 2. The van der Waals surface area contributed by atoms with Gasteiger partial charge in [-0.3, -0.25) is 4.79 Å². The number of rotatable bonds is 4. The highest BCUT2D eigenvalue weighted by molar-refractivity contribution is 5.85. The highest BCUT2D eigenvalue weighted by Gasteiger charge is 2.31. The highest BCUT2D eigenvalue weighted by atomic mass is 16.2. The maximum atomic E-state index is 13.3. The smallest absolute Gasteiger partial charge is 0.225 e. The number of anilines is 1. The second-order valence-corrected chi connectivity index (χ2v) is 9.91. The molecular weight excluding hydrogens is 420 g/mol. The molecule has 2 aromatic heterocycles. The molecule has 5 heteroatoms. The van der Waals surface area contributed by atoms with E-state index in [1.54, 1.807) is 0 Å². The number of aromatic nitrogens is 2. The number of para-hydroxylation sites is 2. The molecule has 6 rings (SSSR count). The maximum absolute atomic E-state index is 13.3. The van der Waals surface area contributed by atoms with Crippen molar-refractivity contribution in [2.24, 2.45) is 11.8 Å². The molecule has 4 aromatic rings. The lowest BCUT2D eigenvalue weighted by atomic mass is 9.88. The van der Waals surface area contributed by atoms with Crippen LogP contribution in [0.15, 0.2) is 72.9 Å². The van der Waals surface area contributed by atoms with E-state index in [4.69, 9.17) is 4.98 Å². The summed E-state index contributed by atoms with van der Waals surface area (Å²) >= 11 is 0. The lowest BCUT2D eigenvalue weighted by molar-refractivity contribution is -0.137. The van der Waals surface area contributed by atoms with E-state index >= 15 is 0 Å². The van der Waals surface area contributed by atoms with E-state index in [1.807, 2.05) is 6.07 Å². The summed E-state index contributed by atoms with van der Waals surface area (Å²) in [7, 11) is 0. The topological polar surface area (TPSA) is 40.9 Å². The van der Waals surface area contributed by atoms with Gasteiger partial charge in [0.25, 0.3) is 0 Å². The summed E-state index contributed by atoms with van der Waals surface area (Å²) in [5, 5.41) is 0. The fourth-order valence-electron chi connectivity index (χ4n) is 5.84. The highest BCUT2D eigenvalue weighted by Crippen LogP contribution is 2.30. The Morgan fingerprint density at radius 1 is 0.794 bits per heavy atom. The molecule has 174 valence electrons. The first-order valence-corrected chi connectivity index (χ1v) is 12.7. The minimum absolute atomic E-state index is 0.144. The zero-order valence-electron chi connectivity index (χ0n) is 19.6. The average Bonchev–Trinajstić information content (AvgIpc) is 3.40. The van der Waals surface area contributed by atoms with Gasteiger partial charge < -0.3 is 14.2 Å². The summed E-state index contributed by atoms with van der Waals surface area (Å²) in [6.45, 7) is 3.58. The number of piperidine rings is 2. The fourth-order valence-corrected chi connectivity index (χ4v) is 5.84. The van der Waals surface area contributed by atoms with Gasteiger partial charge in [-0.15, -0.1) is 0 Å². The van der Waals surface area contributed by atoms with Crippen molar-refractivity contribution in [3.05, 3.63) is 78.5 Å². The SMILES string of the molecule is O=C(C1CCN(c2nc3ccccc3n3cccc23)CC1)N1CCC(Cc2ccccc2)CC1. The minimum Gasteiger partial charge on any atom is -0.355 e. The third kappa shape index (κ3) is 4.04. The van der Waals surface area contributed by atoms with E-state index in [2.05, 4.69) is 81.1 Å². The van der Waals surface area contributed by atoms with Gasteiger partial charge in [0.1, 0.15) is 0 Å². The molecule has 0 saturated carbocycles. The first kappa shape index (κ1) is 21.2. The summed E-state index contributed by atoms with van der Waals surface area (Å²) in [5.41, 5.74) is 4.70. The number of hydrogen-bond donors (Lipinski definition) is 0. The molecule has 2 saturated heterocycles. The van der Waals surface area contributed by atoms with E-state index < -0.39 is 0 Å². The van der Waals surface area contributed by atoms with E-state index in [-0.39, 0.29) is 5.92 Å². The molecular formula is C29H32N4O. The Morgan fingerprint density at radius 2 is 1.50 bits per heavy atom. The van der Waals surface area contributed by atoms with Crippen molar-refractivity contribution in [3.8, 4) is 0 Å². The number of nitrogens with zero attached hydrogens (tertiary/aromatic N) is 4. The van der Waals surface area contributed by atoms with E-state index in [0.717, 1.165) is 80.7 Å². The summed E-state index contributed by atoms with van der Waals surface area (Å²) in [4.78, 5) is 22.8. The predicted octanol–water partition coefficient (Wildman–Crippen LogP) is 5.19. The van der Waals surface area contributed by atoms with Crippen LogP contribution in [0.5, 0.6) is 0 Å². The van der Waals surface area contributed by atoms with Gasteiger partial charge in [0, 0.05) is 38.3 Å². The number of amides is 1. The fraction of sp³-hybridized carbons (Fsp3) is 0.379. The van der Waals surface area contributed by atoms with Gasteiger partial charge in [0.05, 0.1) is 16.6 Å². The Balaban J connectivity index is 1.08. The van der Waals surface area contributed by atoms with Crippen molar-refractivity contribution in [1.82, 2.24) is 14.3 Å². The molecule has 0 atom stereocenters. The molecule has 0 unspecified atom stereocenters. The lowest BCUT2D eigenvalue weighted by Gasteiger charge is -2.38. The van der Waals surface area contributed by atoms with Crippen LogP contribution in [0, 0.1) is 11.8 Å². The molecule has 0 N–H and O–H groups in total. The van der Waals surface area contributed by atoms with E-state index in [1.165, 1.54) is 5.56 Å². The summed E-state index contributed by atoms with van der Waals surface area (Å²) in [6.07, 6.45) is 7.29. The average molecular weight is 453 g/mol. The van der Waals surface area contributed by atoms with E-state index in [0.29, 0.717) is 11.8 Å². The van der Waals surface area contributed by atoms with Crippen molar-refractivity contribution in [2.45, 2.75) is 32.1 Å². The molecule has 0 bridgehead atoms. The molecule has 4 heterocycles. The number of carbonyl (C=O) groups excluding carboxylic acids is 1. The molecule has 5 nitrogen and oxygen atoms in total. The van der Waals surface area contributed by atoms with E-state index in [9.17, 15) is 4.79 Å². The molecule has 1 amide bonds. The van der Waals surface area contributed by atoms with Crippen LogP contribution in [-0.2, 0) is 11.2 Å². The standard InChI is InChI=1S/C29H32N4O/c34-29(32-17-12-23(13-18-32)21-22-7-2-1-3-8-22)24-14-19-31(20-15-24)28-27-11-6-16-33(27)26-10-5-4-9-25(26)30-28/h1-11,16,23-24H,12-15,17-21H2. The normalized spacial score (nSPS) is 18.1. The Morgan fingerprint density at radius 3 is 2.29 bits per heavy atom. The van der Waals surface area contributed by atoms with Gasteiger partial charge in [0.2, 0.25) is 5.91 Å². The van der Waals surface area contributed by atoms with Gasteiger partial charge >= 0.3 is 0 Å². The van der Waals surface area contributed by atoms with Crippen molar-refractivity contribution < 1.29 is 4.79 Å². The minimum atomic E-state index is 0.144. The number of hydrogen-bond acceptors (Lipinski definition) is 3. The van der Waals surface area contributed by atoms with Gasteiger partial charge in [-0.05, 0) is 67.9 Å².